The number of aliphatic hydroxyl groups is 2. The van der Waals surface area contributed by atoms with Gasteiger partial charge in [0, 0.05) is 14.2 Å². The number of ether oxygens (including phenoxy) is 3. The summed E-state index contributed by atoms with van der Waals surface area (Å²) in [6.07, 6.45) is -2.93. The maximum Gasteiger partial charge on any atom is 0.183 e. The standard InChI is InChI=1S/C7H14O5/c1-10-5-4(8)3-12-7(9)6(5)11-2/h4-9H,3H2,1-2H3/t4-,5+,6-,7-/m1/s1. The zero-order valence-corrected chi connectivity index (χ0v) is 7.14. The van der Waals surface area contributed by atoms with Gasteiger partial charge in [-0.25, -0.2) is 0 Å². The van der Waals surface area contributed by atoms with Crippen molar-refractivity contribution in [3.63, 3.8) is 0 Å². The van der Waals surface area contributed by atoms with Gasteiger partial charge in [0.05, 0.1) is 6.61 Å². The third-order valence-electron chi connectivity index (χ3n) is 1.97. The Kier molecular flexibility index (Phi) is 3.42. The molecule has 1 aliphatic heterocycles. The van der Waals surface area contributed by atoms with Crippen molar-refractivity contribution in [1.82, 2.24) is 0 Å². The van der Waals surface area contributed by atoms with Gasteiger partial charge in [0.2, 0.25) is 0 Å². The lowest BCUT2D eigenvalue weighted by Gasteiger charge is -2.36. The van der Waals surface area contributed by atoms with Crippen LogP contribution in [-0.2, 0) is 14.2 Å². The third-order valence-corrected chi connectivity index (χ3v) is 1.97. The first kappa shape index (κ1) is 9.88. The first-order chi connectivity index (χ1) is 5.70. The molecule has 5 heteroatoms. The van der Waals surface area contributed by atoms with Crippen LogP contribution in [0.25, 0.3) is 0 Å². The molecule has 0 aliphatic carbocycles. The lowest BCUT2D eigenvalue weighted by atomic mass is 10.1. The summed E-state index contributed by atoms with van der Waals surface area (Å²) in [5, 5.41) is 18.6. The maximum absolute atomic E-state index is 9.35. The van der Waals surface area contributed by atoms with Crippen molar-refractivity contribution in [2.45, 2.75) is 24.6 Å². The normalized spacial score (nSPS) is 43.0. The van der Waals surface area contributed by atoms with Gasteiger partial charge in [-0.1, -0.05) is 0 Å². The monoisotopic (exact) mass is 178 g/mol. The van der Waals surface area contributed by atoms with E-state index in [-0.39, 0.29) is 6.61 Å². The average Bonchev–Trinajstić information content (AvgIpc) is 2.08. The zero-order valence-electron chi connectivity index (χ0n) is 7.14. The van der Waals surface area contributed by atoms with Crippen LogP contribution >= 0.6 is 0 Å². The molecule has 0 radical (unpaired) electrons. The first-order valence-corrected chi connectivity index (χ1v) is 3.74. The third kappa shape index (κ3) is 1.75. The van der Waals surface area contributed by atoms with Gasteiger partial charge in [0.25, 0.3) is 0 Å². The first-order valence-electron chi connectivity index (χ1n) is 3.74. The predicted molar refractivity (Wildman–Crippen MR) is 39.6 cm³/mol. The van der Waals surface area contributed by atoms with Gasteiger partial charge in [0.15, 0.2) is 6.29 Å². The van der Waals surface area contributed by atoms with E-state index in [1.54, 1.807) is 0 Å². The van der Waals surface area contributed by atoms with Crippen LogP contribution in [0.3, 0.4) is 0 Å². The number of hydrogen-bond donors (Lipinski definition) is 2. The molecule has 0 saturated carbocycles. The maximum atomic E-state index is 9.35. The van der Waals surface area contributed by atoms with Gasteiger partial charge >= 0.3 is 0 Å². The van der Waals surface area contributed by atoms with Crippen molar-refractivity contribution in [2.75, 3.05) is 20.8 Å². The lowest BCUT2D eigenvalue weighted by molar-refractivity contribution is -0.264. The molecule has 72 valence electrons. The Morgan fingerprint density at radius 1 is 1.17 bits per heavy atom. The number of aliphatic hydroxyl groups excluding tert-OH is 2. The Labute approximate surface area is 70.9 Å². The fraction of sp³-hybridized carbons (Fsp3) is 1.00. The Hall–Kier alpha value is -0.200. The highest BCUT2D eigenvalue weighted by atomic mass is 16.7. The van der Waals surface area contributed by atoms with E-state index in [1.165, 1.54) is 14.2 Å². The van der Waals surface area contributed by atoms with E-state index in [0.717, 1.165) is 0 Å². The molecule has 0 aromatic carbocycles. The molecule has 0 amide bonds. The summed E-state index contributed by atoms with van der Waals surface area (Å²) in [6, 6.07) is 0. The molecular weight excluding hydrogens is 164 g/mol. The van der Waals surface area contributed by atoms with Crippen molar-refractivity contribution in [3.05, 3.63) is 0 Å². The van der Waals surface area contributed by atoms with Crippen LogP contribution in [0.4, 0.5) is 0 Å². The van der Waals surface area contributed by atoms with Crippen LogP contribution in [0, 0.1) is 0 Å². The van der Waals surface area contributed by atoms with Crippen LogP contribution in [0.15, 0.2) is 0 Å². The number of methoxy groups -OCH3 is 2. The van der Waals surface area contributed by atoms with Gasteiger partial charge < -0.3 is 24.4 Å². The highest BCUT2D eigenvalue weighted by molar-refractivity contribution is 4.84. The zero-order chi connectivity index (χ0) is 9.14. The van der Waals surface area contributed by atoms with Gasteiger partial charge in [0.1, 0.15) is 18.3 Å². The van der Waals surface area contributed by atoms with Crippen LogP contribution in [0.2, 0.25) is 0 Å². The van der Waals surface area contributed by atoms with Gasteiger partial charge in [-0.2, -0.15) is 0 Å². The molecule has 5 nitrogen and oxygen atoms in total. The second-order valence-electron chi connectivity index (χ2n) is 2.69. The molecule has 2 N–H and O–H groups in total. The summed E-state index contributed by atoms with van der Waals surface area (Å²) in [5.74, 6) is 0. The Balaban J connectivity index is 2.61. The Morgan fingerprint density at radius 3 is 2.17 bits per heavy atom. The average molecular weight is 178 g/mol. The summed E-state index contributed by atoms with van der Waals surface area (Å²) in [6.45, 7) is 0.0690. The van der Waals surface area contributed by atoms with E-state index < -0.39 is 24.6 Å². The molecule has 4 atom stereocenters. The molecule has 12 heavy (non-hydrogen) atoms. The molecule has 0 bridgehead atoms. The summed E-state index contributed by atoms with van der Waals surface area (Å²) in [5.41, 5.74) is 0. The molecule has 1 heterocycles. The lowest BCUT2D eigenvalue weighted by Crippen LogP contribution is -2.54. The van der Waals surface area contributed by atoms with Crippen molar-refractivity contribution >= 4 is 0 Å². The van der Waals surface area contributed by atoms with Crippen LogP contribution in [-0.4, -0.2) is 55.6 Å². The van der Waals surface area contributed by atoms with E-state index >= 15 is 0 Å². The number of hydrogen-bond acceptors (Lipinski definition) is 5. The largest absolute Gasteiger partial charge is 0.388 e. The smallest absolute Gasteiger partial charge is 0.183 e. The summed E-state index contributed by atoms with van der Waals surface area (Å²) in [4.78, 5) is 0. The highest BCUT2D eigenvalue weighted by Gasteiger charge is 2.39. The molecule has 0 unspecified atom stereocenters. The van der Waals surface area contributed by atoms with Crippen LogP contribution in [0.1, 0.15) is 0 Å². The predicted octanol–water partition coefficient (Wildman–Crippen LogP) is -1.27. The fourth-order valence-corrected chi connectivity index (χ4v) is 1.31. The van der Waals surface area contributed by atoms with E-state index in [0.29, 0.717) is 0 Å². The molecule has 0 spiro atoms. The second-order valence-corrected chi connectivity index (χ2v) is 2.69. The number of rotatable bonds is 2. The molecule has 1 fully saturated rings. The minimum absolute atomic E-state index is 0.0690. The topological polar surface area (TPSA) is 68.2 Å². The van der Waals surface area contributed by atoms with Crippen molar-refractivity contribution in [2.24, 2.45) is 0 Å². The molecule has 0 aromatic rings. The van der Waals surface area contributed by atoms with E-state index in [4.69, 9.17) is 14.2 Å². The minimum Gasteiger partial charge on any atom is -0.388 e. The van der Waals surface area contributed by atoms with Crippen LogP contribution in [0.5, 0.6) is 0 Å². The minimum atomic E-state index is -1.02. The van der Waals surface area contributed by atoms with Crippen molar-refractivity contribution < 1.29 is 24.4 Å². The molecule has 1 saturated heterocycles. The van der Waals surface area contributed by atoms with Crippen molar-refractivity contribution in [1.29, 1.82) is 0 Å². The SMILES string of the molecule is CO[C@@H]1[C@@H](OC)[C@H](O)OC[C@H]1O. The van der Waals surface area contributed by atoms with E-state index in [9.17, 15) is 10.2 Å². The Bertz CT molecular complexity index is 124. The second kappa shape index (κ2) is 4.15. The van der Waals surface area contributed by atoms with Gasteiger partial charge in [-0.3, -0.25) is 0 Å². The van der Waals surface area contributed by atoms with Crippen LogP contribution < -0.4 is 0 Å². The molecule has 0 aromatic heterocycles. The molecule has 1 rings (SSSR count). The highest BCUT2D eigenvalue weighted by Crippen LogP contribution is 2.18. The quantitative estimate of drug-likeness (QED) is 0.551. The summed E-state index contributed by atoms with van der Waals surface area (Å²) in [7, 11) is 2.89. The molecule has 1 aliphatic rings. The van der Waals surface area contributed by atoms with Gasteiger partial charge in [-0.15, -0.1) is 0 Å². The summed E-state index contributed by atoms with van der Waals surface area (Å²) < 4.78 is 14.7. The Morgan fingerprint density at radius 2 is 1.75 bits per heavy atom. The van der Waals surface area contributed by atoms with E-state index in [2.05, 4.69) is 0 Å². The van der Waals surface area contributed by atoms with Gasteiger partial charge in [-0.05, 0) is 0 Å². The summed E-state index contributed by atoms with van der Waals surface area (Å²) >= 11 is 0. The van der Waals surface area contributed by atoms with Crippen molar-refractivity contribution in [3.8, 4) is 0 Å². The molecular formula is C7H14O5. The fourth-order valence-electron chi connectivity index (χ4n) is 1.31. The van der Waals surface area contributed by atoms with E-state index in [1.807, 2.05) is 0 Å².